The van der Waals surface area contributed by atoms with E-state index >= 15 is 0 Å². The van der Waals surface area contributed by atoms with Crippen LogP contribution in [0.2, 0.25) is 0 Å². The molecule has 0 fully saturated rings. The third-order valence-electron chi connectivity index (χ3n) is 5.08. The number of sulfonamides is 1. The fraction of sp³-hybridized carbons (Fsp3) is 0.435. The summed E-state index contributed by atoms with van der Waals surface area (Å²) in [7, 11) is -2.02. The standard InChI is InChI=1S/C23H32N2O4S/c1-7-20(18-12-13-22(29-5)17(4)14-18)24-23(26)15-25(30(6,27)28)21-11-9-8-10-19(21)16(2)3/h8-14,16,20H,7,15H2,1-6H3,(H,24,26)/t20-/m1/s1. The average molecular weight is 433 g/mol. The highest BCUT2D eigenvalue weighted by molar-refractivity contribution is 7.92. The Morgan fingerprint density at radius 3 is 2.37 bits per heavy atom. The van der Waals surface area contributed by atoms with Crippen molar-refractivity contribution in [1.29, 1.82) is 0 Å². The molecule has 0 bridgehead atoms. The molecule has 0 aliphatic heterocycles. The van der Waals surface area contributed by atoms with Crippen molar-refractivity contribution in [2.45, 2.75) is 46.1 Å². The summed E-state index contributed by atoms with van der Waals surface area (Å²) >= 11 is 0. The van der Waals surface area contributed by atoms with E-state index in [2.05, 4.69) is 5.32 Å². The Kier molecular flexibility index (Phi) is 7.89. The molecule has 0 spiro atoms. The summed E-state index contributed by atoms with van der Waals surface area (Å²) in [5.41, 5.74) is 3.36. The molecule has 0 heterocycles. The van der Waals surface area contributed by atoms with E-state index in [1.807, 2.05) is 58.0 Å². The van der Waals surface area contributed by atoms with Gasteiger partial charge in [-0.2, -0.15) is 0 Å². The van der Waals surface area contributed by atoms with Crippen molar-refractivity contribution in [2.24, 2.45) is 0 Å². The van der Waals surface area contributed by atoms with Crippen molar-refractivity contribution >= 4 is 21.6 Å². The molecule has 0 unspecified atom stereocenters. The zero-order valence-electron chi connectivity index (χ0n) is 18.6. The van der Waals surface area contributed by atoms with Gasteiger partial charge in [-0.25, -0.2) is 8.42 Å². The molecule has 6 nitrogen and oxygen atoms in total. The molecule has 2 aromatic rings. The summed E-state index contributed by atoms with van der Waals surface area (Å²) in [5.74, 6) is 0.562. The number of para-hydroxylation sites is 1. The number of hydrogen-bond acceptors (Lipinski definition) is 4. The third kappa shape index (κ3) is 5.75. The molecule has 7 heteroatoms. The zero-order valence-corrected chi connectivity index (χ0v) is 19.4. The number of rotatable bonds is 9. The van der Waals surface area contributed by atoms with Crippen LogP contribution < -0.4 is 14.4 Å². The topological polar surface area (TPSA) is 75.7 Å². The quantitative estimate of drug-likeness (QED) is 0.646. The molecule has 1 amide bonds. The van der Waals surface area contributed by atoms with Crippen molar-refractivity contribution < 1.29 is 17.9 Å². The maximum atomic E-state index is 12.9. The van der Waals surface area contributed by atoms with Crippen LogP contribution in [0.15, 0.2) is 42.5 Å². The van der Waals surface area contributed by atoms with Gasteiger partial charge in [0.05, 0.1) is 25.1 Å². The summed E-state index contributed by atoms with van der Waals surface area (Å²) < 4.78 is 31.5. The van der Waals surface area contributed by atoms with Crippen LogP contribution in [0.4, 0.5) is 5.69 Å². The minimum absolute atomic E-state index is 0.124. The van der Waals surface area contributed by atoms with Crippen molar-refractivity contribution in [1.82, 2.24) is 5.32 Å². The maximum Gasteiger partial charge on any atom is 0.241 e. The summed E-state index contributed by atoms with van der Waals surface area (Å²) in [5, 5.41) is 2.98. The average Bonchev–Trinajstić information content (AvgIpc) is 2.69. The lowest BCUT2D eigenvalue weighted by molar-refractivity contribution is -0.120. The first kappa shape index (κ1) is 23.7. The Morgan fingerprint density at radius 1 is 1.17 bits per heavy atom. The molecule has 0 saturated heterocycles. The van der Waals surface area contributed by atoms with E-state index in [9.17, 15) is 13.2 Å². The van der Waals surface area contributed by atoms with Gasteiger partial charge in [0, 0.05) is 0 Å². The van der Waals surface area contributed by atoms with E-state index in [1.165, 1.54) is 4.31 Å². The predicted octanol–water partition coefficient (Wildman–Crippen LogP) is 4.16. The fourth-order valence-electron chi connectivity index (χ4n) is 3.49. The summed E-state index contributed by atoms with van der Waals surface area (Å²) in [6, 6.07) is 12.9. The number of nitrogens with one attached hydrogen (secondary N) is 1. The van der Waals surface area contributed by atoms with Gasteiger partial charge in [0.25, 0.3) is 0 Å². The highest BCUT2D eigenvalue weighted by Crippen LogP contribution is 2.29. The van der Waals surface area contributed by atoms with Crippen molar-refractivity contribution in [3.63, 3.8) is 0 Å². The van der Waals surface area contributed by atoms with Gasteiger partial charge in [0.15, 0.2) is 0 Å². The number of carbonyl (C=O) groups is 1. The molecule has 164 valence electrons. The Balaban J connectivity index is 2.27. The van der Waals surface area contributed by atoms with Gasteiger partial charge in [-0.1, -0.05) is 51.1 Å². The van der Waals surface area contributed by atoms with E-state index in [0.29, 0.717) is 12.1 Å². The number of hydrogen-bond donors (Lipinski definition) is 1. The van der Waals surface area contributed by atoms with Crippen LogP contribution >= 0.6 is 0 Å². The van der Waals surface area contributed by atoms with Gasteiger partial charge < -0.3 is 10.1 Å². The molecule has 2 aromatic carbocycles. The van der Waals surface area contributed by atoms with E-state index < -0.39 is 10.0 Å². The highest BCUT2D eigenvalue weighted by Gasteiger charge is 2.25. The fourth-order valence-corrected chi connectivity index (χ4v) is 4.37. The van der Waals surface area contributed by atoms with Crippen LogP contribution in [0.25, 0.3) is 0 Å². The molecule has 2 rings (SSSR count). The molecule has 0 aliphatic rings. The number of benzene rings is 2. The SMILES string of the molecule is CC[C@@H](NC(=O)CN(c1ccccc1C(C)C)S(C)(=O)=O)c1ccc(OC)c(C)c1. The zero-order chi connectivity index (χ0) is 22.5. The van der Waals surface area contributed by atoms with E-state index in [0.717, 1.165) is 28.7 Å². The molecular formula is C23H32N2O4S. The maximum absolute atomic E-state index is 12.9. The minimum atomic E-state index is -3.64. The number of carbonyl (C=O) groups excluding carboxylic acids is 1. The molecule has 0 aliphatic carbocycles. The van der Waals surface area contributed by atoms with Crippen LogP contribution in [0, 0.1) is 6.92 Å². The van der Waals surface area contributed by atoms with E-state index in [4.69, 9.17) is 4.74 Å². The van der Waals surface area contributed by atoms with Crippen LogP contribution in [0.5, 0.6) is 5.75 Å². The molecule has 0 saturated carbocycles. The Morgan fingerprint density at radius 2 is 1.83 bits per heavy atom. The lowest BCUT2D eigenvalue weighted by atomic mass is 10.0. The van der Waals surface area contributed by atoms with Crippen LogP contribution in [-0.4, -0.2) is 34.2 Å². The second kappa shape index (κ2) is 9.98. The van der Waals surface area contributed by atoms with E-state index in [-0.39, 0.29) is 24.4 Å². The highest BCUT2D eigenvalue weighted by atomic mass is 32.2. The first-order valence-electron chi connectivity index (χ1n) is 10.1. The minimum Gasteiger partial charge on any atom is -0.496 e. The predicted molar refractivity (Wildman–Crippen MR) is 122 cm³/mol. The molecule has 1 N–H and O–H groups in total. The molecule has 0 radical (unpaired) electrons. The number of ether oxygens (including phenoxy) is 1. The van der Waals surface area contributed by atoms with Gasteiger partial charge >= 0.3 is 0 Å². The van der Waals surface area contributed by atoms with Crippen molar-refractivity contribution in [3.05, 3.63) is 59.2 Å². The number of aryl methyl sites for hydroxylation is 1. The van der Waals surface area contributed by atoms with E-state index in [1.54, 1.807) is 19.2 Å². The van der Waals surface area contributed by atoms with Crippen molar-refractivity contribution in [3.8, 4) is 5.75 Å². The Labute approximate surface area is 180 Å². The van der Waals surface area contributed by atoms with Crippen LogP contribution in [0.3, 0.4) is 0 Å². The second-order valence-corrected chi connectivity index (χ2v) is 9.65. The molecular weight excluding hydrogens is 400 g/mol. The largest absolute Gasteiger partial charge is 0.496 e. The first-order chi connectivity index (χ1) is 14.1. The Hall–Kier alpha value is -2.54. The van der Waals surface area contributed by atoms with Crippen LogP contribution in [0.1, 0.15) is 55.8 Å². The number of methoxy groups -OCH3 is 1. The summed E-state index contributed by atoms with van der Waals surface area (Å²) in [4.78, 5) is 12.9. The monoisotopic (exact) mass is 432 g/mol. The third-order valence-corrected chi connectivity index (χ3v) is 6.21. The lowest BCUT2D eigenvalue weighted by Gasteiger charge is -2.27. The molecule has 0 aromatic heterocycles. The molecule has 30 heavy (non-hydrogen) atoms. The van der Waals surface area contributed by atoms with Gasteiger partial charge in [0.1, 0.15) is 12.3 Å². The number of nitrogens with zero attached hydrogens (tertiary/aromatic N) is 1. The van der Waals surface area contributed by atoms with Gasteiger partial charge in [-0.05, 0) is 48.1 Å². The van der Waals surface area contributed by atoms with Gasteiger partial charge in [0.2, 0.25) is 15.9 Å². The number of amides is 1. The number of anilines is 1. The van der Waals surface area contributed by atoms with Crippen molar-refractivity contribution in [2.75, 3.05) is 24.2 Å². The van der Waals surface area contributed by atoms with Crippen LogP contribution in [-0.2, 0) is 14.8 Å². The normalized spacial score (nSPS) is 12.5. The summed E-state index contributed by atoms with van der Waals surface area (Å²) in [6.07, 6.45) is 1.81. The second-order valence-electron chi connectivity index (χ2n) is 7.74. The Bertz CT molecular complexity index is 986. The smallest absolute Gasteiger partial charge is 0.241 e. The van der Waals surface area contributed by atoms with Gasteiger partial charge in [-0.15, -0.1) is 0 Å². The van der Waals surface area contributed by atoms with Gasteiger partial charge in [-0.3, -0.25) is 9.10 Å². The summed E-state index contributed by atoms with van der Waals surface area (Å²) in [6.45, 7) is 7.66. The lowest BCUT2D eigenvalue weighted by Crippen LogP contribution is -2.42. The molecule has 1 atom stereocenters. The first-order valence-corrected chi connectivity index (χ1v) is 11.9.